The molecular formula is C17H22N2O. The van der Waals surface area contributed by atoms with Gasteiger partial charge in [0.2, 0.25) is 0 Å². The molecule has 106 valence electrons. The van der Waals surface area contributed by atoms with Crippen LogP contribution >= 0.6 is 0 Å². The zero-order valence-electron chi connectivity index (χ0n) is 12.4. The van der Waals surface area contributed by atoms with E-state index in [4.69, 9.17) is 4.74 Å². The highest BCUT2D eigenvalue weighted by Crippen LogP contribution is 2.30. The predicted octanol–water partition coefficient (Wildman–Crippen LogP) is 3.18. The number of ether oxygens (including phenoxy) is 1. The van der Waals surface area contributed by atoms with Crippen molar-refractivity contribution in [3.8, 4) is 11.4 Å². The molecule has 1 aliphatic rings. The van der Waals surface area contributed by atoms with Crippen LogP contribution in [0.25, 0.3) is 5.69 Å². The minimum atomic E-state index is 0.660. The van der Waals surface area contributed by atoms with Crippen LogP contribution in [0.4, 0.5) is 0 Å². The molecule has 0 bridgehead atoms. The number of aromatic nitrogens is 1. The average Bonchev–Trinajstić information content (AvgIpc) is 3.07. The molecule has 0 aliphatic carbocycles. The van der Waals surface area contributed by atoms with Gasteiger partial charge >= 0.3 is 0 Å². The maximum absolute atomic E-state index is 5.23. The van der Waals surface area contributed by atoms with Gasteiger partial charge in [0.1, 0.15) is 5.75 Å². The summed E-state index contributed by atoms with van der Waals surface area (Å²) >= 11 is 0. The van der Waals surface area contributed by atoms with E-state index in [9.17, 15) is 0 Å². The molecular weight excluding hydrogens is 248 g/mol. The third kappa shape index (κ3) is 2.22. The van der Waals surface area contributed by atoms with Crippen molar-refractivity contribution in [1.82, 2.24) is 9.88 Å². The molecule has 1 aromatic carbocycles. The van der Waals surface area contributed by atoms with Gasteiger partial charge in [-0.1, -0.05) is 0 Å². The van der Waals surface area contributed by atoms with E-state index >= 15 is 0 Å². The first-order chi connectivity index (χ1) is 9.70. The number of nitrogens with one attached hydrogen (secondary N) is 1. The number of hydrogen-bond acceptors (Lipinski definition) is 2. The maximum Gasteiger partial charge on any atom is 0.119 e. The summed E-state index contributed by atoms with van der Waals surface area (Å²) in [4.78, 5) is 0. The van der Waals surface area contributed by atoms with E-state index in [-0.39, 0.29) is 0 Å². The van der Waals surface area contributed by atoms with Crippen LogP contribution in [0.5, 0.6) is 5.75 Å². The lowest BCUT2D eigenvalue weighted by Crippen LogP contribution is -2.08. The number of rotatable bonds is 3. The summed E-state index contributed by atoms with van der Waals surface area (Å²) in [5.74, 6) is 1.56. The van der Waals surface area contributed by atoms with Crippen LogP contribution in [0.2, 0.25) is 0 Å². The Hall–Kier alpha value is -1.74. The molecule has 1 atom stereocenters. The molecule has 3 rings (SSSR count). The molecule has 1 saturated heterocycles. The van der Waals surface area contributed by atoms with Crippen molar-refractivity contribution in [2.75, 3.05) is 20.2 Å². The largest absolute Gasteiger partial charge is 0.497 e. The molecule has 1 N–H and O–H groups in total. The number of aryl methyl sites for hydroxylation is 1. The van der Waals surface area contributed by atoms with E-state index in [1.807, 2.05) is 12.1 Å². The highest BCUT2D eigenvalue weighted by Gasteiger charge is 2.22. The van der Waals surface area contributed by atoms with Gasteiger partial charge in [-0.15, -0.1) is 0 Å². The molecule has 0 spiro atoms. The summed E-state index contributed by atoms with van der Waals surface area (Å²) in [6, 6.07) is 10.6. The Kier molecular flexibility index (Phi) is 3.53. The first-order valence-electron chi connectivity index (χ1n) is 7.24. The van der Waals surface area contributed by atoms with Crippen LogP contribution in [-0.2, 0) is 0 Å². The summed E-state index contributed by atoms with van der Waals surface area (Å²) in [5.41, 5.74) is 5.36. The monoisotopic (exact) mass is 270 g/mol. The fraction of sp³-hybridized carbons (Fsp3) is 0.412. The molecule has 3 heteroatoms. The minimum absolute atomic E-state index is 0.660. The Morgan fingerprint density at radius 2 is 1.95 bits per heavy atom. The van der Waals surface area contributed by atoms with Gasteiger partial charge in [-0.2, -0.15) is 0 Å². The number of benzene rings is 1. The van der Waals surface area contributed by atoms with E-state index in [1.165, 1.54) is 29.1 Å². The van der Waals surface area contributed by atoms with E-state index in [1.54, 1.807) is 7.11 Å². The number of hydrogen-bond donors (Lipinski definition) is 1. The second-order valence-corrected chi connectivity index (χ2v) is 5.55. The van der Waals surface area contributed by atoms with Crippen molar-refractivity contribution >= 4 is 0 Å². The fourth-order valence-corrected chi connectivity index (χ4v) is 3.25. The van der Waals surface area contributed by atoms with Crippen LogP contribution in [0.3, 0.4) is 0 Å². The van der Waals surface area contributed by atoms with Gasteiger partial charge in [-0.05, 0) is 68.6 Å². The highest BCUT2D eigenvalue weighted by molar-refractivity contribution is 5.44. The Morgan fingerprint density at radius 1 is 1.20 bits per heavy atom. The Balaban J connectivity index is 2.00. The molecule has 1 unspecified atom stereocenters. The summed E-state index contributed by atoms with van der Waals surface area (Å²) < 4.78 is 7.57. The van der Waals surface area contributed by atoms with Crippen molar-refractivity contribution in [2.24, 2.45) is 0 Å². The summed E-state index contributed by atoms with van der Waals surface area (Å²) in [6.45, 7) is 6.65. The first-order valence-corrected chi connectivity index (χ1v) is 7.24. The molecule has 1 aliphatic heterocycles. The van der Waals surface area contributed by atoms with Gasteiger partial charge in [0.25, 0.3) is 0 Å². The second kappa shape index (κ2) is 5.33. The maximum atomic E-state index is 5.23. The lowest BCUT2D eigenvalue weighted by molar-refractivity contribution is 0.414. The van der Waals surface area contributed by atoms with Crippen molar-refractivity contribution in [3.63, 3.8) is 0 Å². The fourth-order valence-electron chi connectivity index (χ4n) is 3.25. The third-order valence-electron chi connectivity index (χ3n) is 4.30. The molecule has 1 aromatic heterocycles. The summed E-state index contributed by atoms with van der Waals surface area (Å²) in [5, 5.41) is 3.46. The van der Waals surface area contributed by atoms with Crippen LogP contribution in [0, 0.1) is 13.8 Å². The number of nitrogens with zero attached hydrogens (tertiary/aromatic N) is 1. The van der Waals surface area contributed by atoms with E-state index in [2.05, 4.69) is 41.9 Å². The Bertz CT molecular complexity index is 592. The second-order valence-electron chi connectivity index (χ2n) is 5.55. The van der Waals surface area contributed by atoms with Crippen LogP contribution in [-0.4, -0.2) is 24.8 Å². The summed E-state index contributed by atoms with van der Waals surface area (Å²) in [6.07, 6.45) is 1.24. The lowest BCUT2D eigenvalue weighted by atomic mass is 9.99. The van der Waals surface area contributed by atoms with Gasteiger partial charge in [0.15, 0.2) is 0 Å². The van der Waals surface area contributed by atoms with Crippen molar-refractivity contribution in [2.45, 2.75) is 26.2 Å². The van der Waals surface area contributed by atoms with Crippen LogP contribution in [0.1, 0.15) is 29.3 Å². The minimum Gasteiger partial charge on any atom is -0.497 e. The third-order valence-corrected chi connectivity index (χ3v) is 4.30. The van der Waals surface area contributed by atoms with E-state index < -0.39 is 0 Å². The zero-order valence-corrected chi connectivity index (χ0v) is 12.4. The van der Waals surface area contributed by atoms with Gasteiger partial charge in [0.05, 0.1) is 7.11 Å². The quantitative estimate of drug-likeness (QED) is 0.927. The molecule has 1 fully saturated rings. The first kappa shape index (κ1) is 13.3. The Morgan fingerprint density at radius 3 is 2.55 bits per heavy atom. The van der Waals surface area contributed by atoms with Crippen molar-refractivity contribution in [3.05, 3.63) is 47.3 Å². The van der Waals surface area contributed by atoms with Gasteiger partial charge < -0.3 is 14.6 Å². The molecule has 3 nitrogen and oxygen atoms in total. The van der Waals surface area contributed by atoms with Crippen molar-refractivity contribution < 1.29 is 4.74 Å². The average molecular weight is 270 g/mol. The van der Waals surface area contributed by atoms with Gasteiger partial charge in [-0.3, -0.25) is 0 Å². The Labute approximate surface area is 120 Å². The van der Waals surface area contributed by atoms with E-state index in [0.29, 0.717) is 5.92 Å². The molecule has 0 saturated carbocycles. The highest BCUT2D eigenvalue weighted by atomic mass is 16.5. The SMILES string of the molecule is COc1ccc(-n2c(C)cc(C3CCNC3)c2C)cc1. The lowest BCUT2D eigenvalue weighted by Gasteiger charge is -2.12. The molecule has 0 radical (unpaired) electrons. The molecule has 2 heterocycles. The molecule has 2 aromatic rings. The summed E-state index contributed by atoms with van der Waals surface area (Å²) in [7, 11) is 1.70. The van der Waals surface area contributed by atoms with Crippen LogP contribution < -0.4 is 10.1 Å². The normalized spacial score (nSPS) is 18.4. The van der Waals surface area contributed by atoms with Crippen molar-refractivity contribution in [1.29, 1.82) is 0 Å². The standard InChI is InChI=1S/C17H22N2O/c1-12-10-17(14-8-9-18-11-14)13(2)19(12)15-4-6-16(20-3)7-5-15/h4-7,10,14,18H,8-9,11H2,1-3H3. The molecule has 20 heavy (non-hydrogen) atoms. The topological polar surface area (TPSA) is 26.2 Å². The predicted molar refractivity (Wildman–Crippen MR) is 82.0 cm³/mol. The number of methoxy groups -OCH3 is 1. The zero-order chi connectivity index (χ0) is 14.1. The smallest absolute Gasteiger partial charge is 0.119 e. The van der Waals surface area contributed by atoms with Gasteiger partial charge in [-0.25, -0.2) is 0 Å². The van der Waals surface area contributed by atoms with Crippen LogP contribution in [0.15, 0.2) is 30.3 Å². The molecule has 0 amide bonds. The van der Waals surface area contributed by atoms with Gasteiger partial charge in [0, 0.05) is 23.6 Å². The van der Waals surface area contributed by atoms with E-state index in [0.717, 1.165) is 18.8 Å².